The van der Waals surface area contributed by atoms with E-state index in [4.69, 9.17) is 10.1 Å². The number of fused-ring (bicyclic) bond motifs is 1. The first-order valence-electron chi connectivity index (χ1n) is 12.5. The van der Waals surface area contributed by atoms with Gasteiger partial charge in [0.05, 0.1) is 11.7 Å². The van der Waals surface area contributed by atoms with Crippen molar-refractivity contribution in [2.24, 2.45) is 0 Å². The number of aromatic nitrogens is 4. The number of rotatable bonds is 6. The van der Waals surface area contributed by atoms with Gasteiger partial charge in [-0.05, 0) is 88.1 Å². The van der Waals surface area contributed by atoms with Gasteiger partial charge in [-0.2, -0.15) is 4.98 Å². The highest BCUT2D eigenvalue weighted by Crippen LogP contribution is 2.33. The quantitative estimate of drug-likeness (QED) is 0.329. The van der Waals surface area contributed by atoms with Crippen molar-refractivity contribution in [3.8, 4) is 22.5 Å². The van der Waals surface area contributed by atoms with Gasteiger partial charge in [-0.1, -0.05) is 18.2 Å². The summed E-state index contributed by atoms with van der Waals surface area (Å²) in [5.74, 6) is 1.26. The van der Waals surface area contributed by atoms with Crippen molar-refractivity contribution in [2.75, 3.05) is 5.32 Å². The Morgan fingerprint density at radius 2 is 1.81 bits per heavy atom. The van der Waals surface area contributed by atoms with Crippen molar-refractivity contribution >= 4 is 17.5 Å². The monoisotopic (exact) mass is 496 g/mol. The van der Waals surface area contributed by atoms with Gasteiger partial charge < -0.3 is 15.7 Å². The molecule has 0 fully saturated rings. The minimum Gasteiger partial charge on any atom is -0.384 e. The Kier molecular flexibility index (Phi) is 6.07. The van der Waals surface area contributed by atoms with E-state index in [2.05, 4.69) is 34.7 Å². The zero-order chi connectivity index (χ0) is 26.5. The summed E-state index contributed by atoms with van der Waals surface area (Å²) in [6.45, 7) is 12.2. The summed E-state index contributed by atoms with van der Waals surface area (Å²) in [6.07, 6.45) is 1.80. The van der Waals surface area contributed by atoms with Crippen LogP contribution in [0.1, 0.15) is 66.5 Å². The van der Waals surface area contributed by atoms with Crippen molar-refractivity contribution in [1.29, 1.82) is 0 Å². The highest BCUT2D eigenvalue weighted by molar-refractivity contribution is 6.00. The molecule has 8 nitrogen and oxygen atoms in total. The maximum atomic E-state index is 12.2. The highest BCUT2D eigenvalue weighted by Gasteiger charge is 2.26. The summed E-state index contributed by atoms with van der Waals surface area (Å²) >= 11 is 0. The fraction of sp³-hybridized carbons (Fsp3) is 0.310. The minimum absolute atomic E-state index is 0.0220. The van der Waals surface area contributed by atoms with E-state index < -0.39 is 5.60 Å². The number of anilines is 2. The summed E-state index contributed by atoms with van der Waals surface area (Å²) in [5.41, 5.74) is 7.31. The zero-order valence-corrected chi connectivity index (χ0v) is 22.0. The number of benzene rings is 2. The predicted molar refractivity (Wildman–Crippen MR) is 145 cm³/mol. The molecular weight excluding hydrogens is 464 g/mol. The number of nitrogens with one attached hydrogen (secondary N) is 2. The van der Waals surface area contributed by atoms with E-state index >= 15 is 0 Å². The Bertz CT molecular complexity index is 1500. The average molecular weight is 497 g/mol. The van der Waals surface area contributed by atoms with E-state index in [1.807, 2.05) is 55.8 Å². The number of amides is 1. The fourth-order valence-corrected chi connectivity index (χ4v) is 4.71. The van der Waals surface area contributed by atoms with E-state index in [0.29, 0.717) is 24.0 Å². The molecule has 37 heavy (non-hydrogen) atoms. The Balaban J connectivity index is 1.43. The maximum Gasteiger partial charge on any atom is 0.252 e. The van der Waals surface area contributed by atoms with E-state index in [1.165, 1.54) is 0 Å². The van der Waals surface area contributed by atoms with Crippen LogP contribution in [0, 0.1) is 13.8 Å². The third kappa shape index (κ3) is 4.60. The average Bonchev–Trinajstić information content (AvgIpc) is 3.38. The van der Waals surface area contributed by atoms with Gasteiger partial charge >= 0.3 is 0 Å². The first kappa shape index (κ1) is 24.6. The van der Waals surface area contributed by atoms with Gasteiger partial charge in [0.2, 0.25) is 5.95 Å². The maximum absolute atomic E-state index is 12.2. The van der Waals surface area contributed by atoms with Gasteiger partial charge in [0, 0.05) is 35.1 Å². The molecular formula is C29H32N6O2. The molecule has 0 spiro atoms. The summed E-state index contributed by atoms with van der Waals surface area (Å²) in [6, 6.07) is 13.9. The molecule has 1 amide bonds. The smallest absolute Gasteiger partial charge is 0.252 e. The number of nitrogens with zero attached hydrogens (tertiary/aromatic N) is 4. The van der Waals surface area contributed by atoms with Crippen LogP contribution in [0.15, 0.2) is 48.7 Å². The van der Waals surface area contributed by atoms with Crippen molar-refractivity contribution < 1.29 is 9.90 Å². The van der Waals surface area contributed by atoms with Crippen molar-refractivity contribution in [3.63, 3.8) is 0 Å². The van der Waals surface area contributed by atoms with Crippen molar-refractivity contribution in [1.82, 2.24) is 25.1 Å². The van der Waals surface area contributed by atoms with Crippen LogP contribution in [0.25, 0.3) is 22.5 Å². The molecule has 5 rings (SSSR count). The van der Waals surface area contributed by atoms with Crippen LogP contribution in [0.4, 0.5) is 11.6 Å². The number of pyridine rings is 1. The number of hydrogen-bond acceptors (Lipinski definition) is 6. The number of hydrogen-bond donors (Lipinski definition) is 3. The normalized spacial score (nSPS) is 15.0. The Labute approximate surface area is 216 Å². The molecule has 1 aliphatic heterocycles. The van der Waals surface area contributed by atoms with Gasteiger partial charge in [-0.3, -0.25) is 9.78 Å². The zero-order valence-electron chi connectivity index (χ0n) is 22.0. The van der Waals surface area contributed by atoms with Gasteiger partial charge in [-0.15, -0.1) is 5.10 Å². The molecule has 8 heteroatoms. The molecule has 2 aromatic heterocycles. The van der Waals surface area contributed by atoms with Crippen LogP contribution < -0.4 is 10.6 Å². The molecule has 0 radical (unpaired) electrons. The molecule has 4 aromatic rings. The van der Waals surface area contributed by atoms with Crippen LogP contribution in [-0.4, -0.2) is 30.8 Å². The summed E-state index contributed by atoms with van der Waals surface area (Å²) in [4.78, 5) is 21.4. The number of carbonyl (C=O) groups is 1. The fourth-order valence-electron chi connectivity index (χ4n) is 4.71. The number of carbonyl (C=O) groups excluding carboxylic acids is 1. The molecule has 0 aliphatic carbocycles. The molecule has 1 unspecified atom stereocenters. The second-order valence-corrected chi connectivity index (χ2v) is 10.2. The molecule has 3 heterocycles. The summed E-state index contributed by atoms with van der Waals surface area (Å²) < 4.78 is 1.84. The lowest BCUT2D eigenvalue weighted by atomic mass is 9.98. The van der Waals surface area contributed by atoms with Crippen molar-refractivity contribution in [2.45, 2.75) is 59.7 Å². The SMILES string of the molecule is CCn1nc(-c2ccc(-c3ccc(C(C)(C)O)nc3)c(C)c2)nc1Nc1cc2c(cc1C)C(=O)NC2C. The van der Waals surface area contributed by atoms with E-state index in [9.17, 15) is 9.90 Å². The van der Waals surface area contributed by atoms with E-state index in [1.54, 1.807) is 20.0 Å². The topological polar surface area (TPSA) is 105 Å². The predicted octanol–water partition coefficient (Wildman–Crippen LogP) is 5.42. The lowest BCUT2D eigenvalue weighted by Gasteiger charge is -2.16. The van der Waals surface area contributed by atoms with Gasteiger partial charge in [-0.25, -0.2) is 4.68 Å². The minimum atomic E-state index is -0.974. The van der Waals surface area contributed by atoms with E-state index in [0.717, 1.165) is 44.6 Å². The van der Waals surface area contributed by atoms with Gasteiger partial charge in [0.1, 0.15) is 5.60 Å². The van der Waals surface area contributed by atoms with Gasteiger partial charge in [0.15, 0.2) is 5.82 Å². The third-order valence-electron chi connectivity index (χ3n) is 6.86. The molecule has 0 bridgehead atoms. The largest absolute Gasteiger partial charge is 0.384 e. The Morgan fingerprint density at radius 1 is 1.05 bits per heavy atom. The lowest BCUT2D eigenvalue weighted by Crippen LogP contribution is -2.17. The highest BCUT2D eigenvalue weighted by atomic mass is 16.3. The second kappa shape index (κ2) is 9.12. The van der Waals surface area contributed by atoms with Crippen molar-refractivity contribution in [3.05, 3.63) is 76.6 Å². The number of aryl methyl sites for hydroxylation is 3. The van der Waals surface area contributed by atoms with Gasteiger partial charge in [0.25, 0.3) is 5.91 Å². The first-order valence-corrected chi connectivity index (χ1v) is 12.5. The molecule has 0 saturated heterocycles. The lowest BCUT2D eigenvalue weighted by molar-refractivity contribution is 0.0738. The van der Waals surface area contributed by atoms with Crippen LogP contribution in [0.2, 0.25) is 0 Å². The van der Waals surface area contributed by atoms with Crippen LogP contribution >= 0.6 is 0 Å². The Morgan fingerprint density at radius 3 is 2.46 bits per heavy atom. The summed E-state index contributed by atoms with van der Waals surface area (Å²) in [7, 11) is 0. The van der Waals surface area contributed by atoms with Crippen LogP contribution in [0.3, 0.4) is 0 Å². The standard InChI is InChI=1S/C29H32N6O2/c1-7-35-28(32-24-14-22-18(4)31-27(36)23(22)13-17(24)3)33-26(34-35)19-8-10-21(16(2)12-19)20-9-11-25(30-15-20)29(5,6)37/h8-15,18,37H,7H2,1-6H3,(H,31,36)(H,32,33,34). The Hall–Kier alpha value is -4.04. The van der Waals surface area contributed by atoms with Crippen LogP contribution in [0.5, 0.6) is 0 Å². The number of aliphatic hydroxyl groups is 1. The molecule has 190 valence electrons. The first-order chi connectivity index (χ1) is 17.5. The molecule has 0 saturated carbocycles. The van der Waals surface area contributed by atoms with Crippen LogP contribution in [-0.2, 0) is 12.1 Å². The molecule has 3 N–H and O–H groups in total. The third-order valence-corrected chi connectivity index (χ3v) is 6.86. The second-order valence-electron chi connectivity index (χ2n) is 10.2. The molecule has 1 atom stereocenters. The molecule has 2 aromatic carbocycles. The summed E-state index contributed by atoms with van der Waals surface area (Å²) in [5, 5.41) is 21.3. The molecule has 1 aliphatic rings. The van der Waals surface area contributed by atoms with E-state index in [-0.39, 0.29) is 11.9 Å².